The van der Waals surface area contributed by atoms with E-state index in [4.69, 9.17) is 15.2 Å². The molecule has 1 unspecified atom stereocenters. The van der Waals surface area contributed by atoms with Crippen LogP contribution in [0.1, 0.15) is 22.0 Å². The molecule has 27 heavy (non-hydrogen) atoms. The number of anilines is 1. The van der Waals surface area contributed by atoms with Crippen molar-refractivity contribution in [3.05, 3.63) is 65.9 Å². The summed E-state index contributed by atoms with van der Waals surface area (Å²) in [5, 5.41) is 2.22. The smallest absolute Gasteiger partial charge is 0.255 e. The number of benzene rings is 2. The molecule has 4 rings (SSSR count). The zero-order valence-electron chi connectivity index (χ0n) is 15.1. The molecule has 2 N–H and O–H groups in total. The van der Waals surface area contributed by atoms with Gasteiger partial charge in [0.25, 0.3) is 5.91 Å². The Hall–Kier alpha value is -3.12. The van der Waals surface area contributed by atoms with Crippen LogP contribution in [0.5, 0.6) is 5.75 Å². The minimum atomic E-state index is -0.157. The molecule has 138 valence electrons. The Morgan fingerprint density at radius 1 is 1.19 bits per heavy atom. The van der Waals surface area contributed by atoms with E-state index in [0.29, 0.717) is 31.1 Å². The van der Waals surface area contributed by atoms with Crippen molar-refractivity contribution < 1.29 is 14.3 Å². The molecule has 0 bridgehead atoms. The van der Waals surface area contributed by atoms with Gasteiger partial charge in [-0.1, -0.05) is 18.2 Å². The average molecular weight is 363 g/mol. The van der Waals surface area contributed by atoms with Gasteiger partial charge in [-0.25, -0.2) is 4.98 Å². The molecule has 2 heterocycles. The third-order valence-electron chi connectivity index (χ3n) is 4.83. The molecule has 6 heteroatoms. The number of aromatic nitrogens is 1. The van der Waals surface area contributed by atoms with Crippen LogP contribution in [0.3, 0.4) is 0 Å². The highest BCUT2D eigenvalue weighted by Gasteiger charge is 2.26. The first-order valence-electron chi connectivity index (χ1n) is 8.84. The van der Waals surface area contributed by atoms with Gasteiger partial charge in [0.05, 0.1) is 25.8 Å². The summed E-state index contributed by atoms with van der Waals surface area (Å²) in [5.41, 5.74) is 7.20. The van der Waals surface area contributed by atoms with E-state index in [-0.39, 0.29) is 12.0 Å². The fourth-order valence-corrected chi connectivity index (χ4v) is 3.32. The first kappa shape index (κ1) is 17.3. The lowest BCUT2D eigenvalue weighted by Gasteiger charge is -2.33. The van der Waals surface area contributed by atoms with Crippen LogP contribution < -0.4 is 10.5 Å². The van der Waals surface area contributed by atoms with Crippen molar-refractivity contribution in [3.63, 3.8) is 0 Å². The quantitative estimate of drug-likeness (QED) is 0.774. The van der Waals surface area contributed by atoms with Crippen molar-refractivity contribution in [3.8, 4) is 5.75 Å². The first-order chi connectivity index (χ1) is 13.1. The molecule has 0 saturated carbocycles. The Bertz CT molecular complexity index is 972. The maximum absolute atomic E-state index is 12.7. The Morgan fingerprint density at radius 3 is 2.78 bits per heavy atom. The Labute approximate surface area is 157 Å². The molecule has 1 atom stereocenters. The average Bonchev–Trinajstić information content (AvgIpc) is 2.73. The molecule has 1 aliphatic heterocycles. The molecule has 6 nitrogen and oxygen atoms in total. The summed E-state index contributed by atoms with van der Waals surface area (Å²) < 4.78 is 11.2. The van der Waals surface area contributed by atoms with E-state index in [0.717, 1.165) is 22.1 Å². The van der Waals surface area contributed by atoms with Crippen LogP contribution in [-0.2, 0) is 4.74 Å². The highest BCUT2D eigenvalue weighted by molar-refractivity contribution is 5.94. The van der Waals surface area contributed by atoms with E-state index in [1.807, 2.05) is 24.3 Å². The van der Waals surface area contributed by atoms with E-state index in [1.165, 1.54) is 6.20 Å². The second-order valence-electron chi connectivity index (χ2n) is 6.55. The van der Waals surface area contributed by atoms with E-state index in [1.54, 1.807) is 24.1 Å². The maximum atomic E-state index is 12.7. The highest BCUT2D eigenvalue weighted by Crippen LogP contribution is 2.28. The fourth-order valence-electron chi connectivity index (χ4n) is 3.32. The Balaban J connectivity index is 1.54. The third kappa shape index (κ3) is 3.57. The monoisotopic (exact) mass is 363 g/mol. The minimum Gasteiger partial charge on any atom is -0.497 e. The SMILES string of the molecule is COc1ccc2cc(C3CN(C(=O)c4ccc(N)nc4)CCO3)ccc2c1. The number of hydrogen-bond donors (Lipinski definition) is 1. The topological polar surface area (TPSA) is 77.7 Å². The summed E-state index contributed by atoms with van der Waals surface area (Å²) in [5.74, 6) is 1.18. The molecular weight excluding hydrogens is 342 g/mol. The Morgan fingerprint density at radius 2 is 2.00 bits per heavy atom. The number of hydrogen-bond acceptors (Lipinski definition) is 5. The molecule has 1 amide bonds. The number of nitrogen functional groups attached to an aromatic ring is 1. The second-order valence-corrected chi connectivity index (χ2v) is 6.55. The van der Waals surface area contributed by atoms with Gasteiger partial charge in [0.1, 0.15) is 17.7 Å². The van der Waals surface area contributed by atoms with Crippen molar-refractivity contribution in [2.45, 2.75) is 6.10 Å². The molecule has 1 aliphatic rings. The van der Waals surface area contributed by atoms with E-state index < -0.39 is 0 Å². The van der Waals surface area contributed by atoms with Crippen LogP contribution in [0.25, 0.3) is 10.8 Å². The number of methoxy groups -OCH3 is 1. The second kappa shape index (κ2) is 7.25. The Kier molecular flexibility index (Phi) is 4.64. The van der Waals surface area contributed by atoms with Crippen LogP contribution in [-0.4, -0.2) is 42.6 Å². The minimum absolute atomic E-state index is 0.0543. The van der Waals surface area contributed by atoms with Gasteiger partial charge in [0.2, 0.25) is 0 Å². The van der Waals surface area contributed by atoms with Gasteiger partial charge in [-0.2, -0.15) is 0 Å². The van der Waals surface area contributed by atoms with Gasteiger partial charge >= 0.3 is 0 Å². The normalized spacial score (nSPS) is 17.1. The predicted octanol–water partition coefficient (Wildman–Crippen LogP) is 3.04. The lowest BCUT2D eigenvalue weighted by atomic mass is 10.0. The number of nitrogens with two attached hydrogens (primary N) is 1. The number of rotatable bonds is 3. The summed E-state index contributed by atoms with van der Waals surface area (Å²) >= 11 is 0. The van der Waals surface area contributed by atoms with Crippen molar-refractivity contribution in [2.24, 2.45) is 0 Å². The number of carbonyl (C=O) groups excluding carboxylic acids is 1. The van der Waals surface area contributed by atoms with Gasteiger partial charge in [0.15, 0.2) is 0 Å². The number of ether oxygens (including phenoxy) is 2. The molecule has 0 spiro atoms. The molecule has 3 aromatic rings. The number of morpholine rings is 1. The molecule has 1 saturated heterocycles. The summed E-state index contributed by atoms with van der Waals surface area (Å²) in [6, 6.07) is 15.5. The van der Waals surface area contributed by atoms with Crippen LogP contribution in [0.2, 0.25) is 0 Å². The fraction of sp³-hybridized carbons (Fsp3) is 0.238. The van der Waals surface area contributed by atoms with Gasteiger partial charge in [0, 0.05) is 12.7 Å². The van der Waals surface area contributed by atoms with E-state index in [9.17, 15) is 4.79 Å². The van der Waals surface area contributed by atoms with Crippen LogP contribution >= 0.6 is 0 Å². The summed E-state index contributed by atoms with van der Waals surface area (Å²) in [4.78, 5) is 18.6. The van der Waals surface area contributed by atoms with Gasteiger partial charge in [-0.15, -0.1) is 0 Å². The molecule has 2 aromatic carbocycles. The highest BCUT2D eigenvalue weighted by atomic mass is 16.5. The van der Waals surface area contributed by atoms with Crippen LogP contribution in [0.15, 0.2) is 54.7 Å². The number of fused-ring (bicyclic) bond motifs is 1. The number of amides is 1. The molecular formula is C21H21N3O3. The van der Waals surface area contributed by atoms with Crippen molar-refractivity contribution in [2.75, 3.05) is 32.5 Å². The maximum Gasteiger partial charge on any atom is 0.255 e. The summed E-state index contributed by atoms with van der Waals surface area (Å²) in [6.07, 6.45) is 1.36. The van der Waals surface area contributed by atoms with E-state index >= 15 is 0 Å². The van der Waals surface area contributed by atoms with Crippen molar-refractivity contribution >= 4 is 22.5 Å². The molecule has 1 aromatic heterocycles. The van der Waals surface area contributed by atoms with Crippen molar-refractivity contribution in [1.29, 1.82) is 0 Å². The van der Waals surface area contributed by atoms with Crippen molar-refractivity contribution in [1.82, 2.24) is 9.88 Å². The van der Waals surface area contributed by atoms with Gasteiger partial charge in [-0.3, -0.25) is 4.79 Å². The lowest BCUT2D eigenvalue weighted by Crippen LogP contribution is -2.42. The van der Waals surface area contributed by atoms with Crippen LogP contribution in [0.4, 0.5) is 5.82 Å². The number of carbonyl (C=O) groups is 1. The third-order valence-corrected chi connectivity index (χ3v) is 4.83. The largest absolute Gasteiger partial charge is 0.497 e. The molecule has 0 aliphatic carbocycles. The standard InChI is InChI=1S/C21H21N3O3/c1-26-18-6-4-14-10-16(3-2-15(14)11-18)19-13-24(8-9-27-19)21(25)17-5-7-20(22)23-12-17/h2-7,10-12,19H,8-9,13H2,1H3,(H2,22,23). The summed E-state index contributed by atoms with van der Waals surface area (Å²) in [6.45, 7) is 1.56. The van der Waals surface area contributed by atoms with Gasteiger partial charge < -0.3 is 20.1 Å². The number of pyridine rings is 1. The zero-order valence-corrected chi connectivity index (χ0v) is 15.1. The summed E-state index contributed by atoms with van der Waals surface area (Å²) in [7, 11) is 1.66. The number of nitrogens with zero attached hydrogens (tertiary/aromatic N) is 2. The first-order valence-corrected chi connectivity index (χ1v) is 8.84. The predicted molar refractivity (Wildman–Crippen MR) is 104 cm³/mol. The van der Waals surface area contributed by atoms with Gasteiger partial charge in [-0.05, 0) is 46.7 Å². The molecule has 0 radical (unpaired) electrons. The van der Waals surface area contributed by atoms with E-state index in [2.05, 4.69) is 17.1 Å². The molecule has 1 fully saturated rings. The zero-order chi connectivity index (χ0) is 18.8. The lowest BCUT2D eigenvalue weighted by molar-refractivity contribution is -0.0227. The van der Waals surface area contributed by atoms with Crippen LogP contribution in [0, 0.1) is 0 Å².